The maximum Gasteiger partial charge on any atom is 0.310 e. The summed E-state index contributed by atoms with van der Waals surface area (Å²) in [6.07, 6.45) is 1.47. The van der Waals surface area contributed by atoms with Gasteiger partial charge in [0.2, 0.25) is 0 Å². The molecule has 8 nitrogen and oxygen atoms in total. The summed E-state index contributed by atoms with van der Waals surface area (Å²) >= 11 is 4.45. The quantitative estimate of drug-likeness (QED) is 0.453. The highest BCUT2D eigenvalue weighted by molar-refractivity contribution is 9.11. The average molecular weight is 400 g/mol. The third kappa shape index (κ3) is 5.42. The first kappa shape index (κ1) is 17.0. The van der Waals surface area contributed by atoms with Gasteiger partial charge in [0.05, 0.1) is 21.3 Å². The fraction of sp³-hybridized carbons (Fsp3) is 0.154. The van der Waals surface area contributed by atoms with Crippen LogP contribution < -0.4 is 5.32 Å². The van der Waals surface area contributed by atoms with Crippen LogP contribution in [-0.4, -0.2) is 28.4 Å². The van der Waals surface area contributed by atoms with Gasteiger partial charge in [-0.05, 0) is 21.5 Å². The van der Waals surface area contributed by atoms with Crippen LogP contribution >= 0.6 is 27.3 Å². The Labute approximate surface area is 142 Å². The first-order valence-electron chi connectivity index (χ1n) is 6.24. The second-order valence-electron chi connectivity index (χ2n) is 4.28. The molecular formula is C13H10BrN3O5S. The summed E-state index contributed by atoms with van der Waals surface area (Å²) in [5.41, 5.74) is 0.501. The van der Waals surface area contributed by atoms with Gasteiger partial charge in [-0.3, -0.25) is 25.0 Å². The highest BCUT2D eigenvalue weighted by atomic mass is 79.9. The van der Waals surface area contributed by atoms with Crippen molar-refractivity contribution in [1.82, 2.24) is 4.98 Å². The van der Waals surface area contributed by atoms with Gasteiger partial charge >= 0.3 is 5.97 Å². The number of non-ortho nitro benzene ring substituents is 1. The molecule has 2 rings (SSSR count). The molecule has 10 heteroatoms. The highest BCUT2D eigenvalue weighted by Gasteiger charge is 2.11. The van der Waals surface area contributed by atoms with Crippen molar-refractivity contribution in [3.63, 3.8) is 0 Å². The van der Waals surface area contributed by atoms with Gasteiger partial charge in [-0.1, -0.05) is 23.5 Å². The predicted octanol–water partition coefficient (Wildman–Crippen LogP) is 2.54. The van der Waals surface area contributed by atoms with E-state index in [9.17, 15) is 19.7 Å². The van der Waals surface area contributed by atoms with E-state index in [2.05, 4.69) is 26.2 Å². The molecule has 0 saturated carbocycles. The lowest BCUT2D eigenvalue weighted by molar-refractivity contribution is -0.384. The van der Waals surface area contributed by atoms with E-state index >= 15 is 0 Å². The standard InChI is InChI=1S/C13H10BrN3O5S/c14-10-6-15-13(23-10)16-11(18)7-22-12(19)5-8-1-3-9(4-2-8)17(20)21/h1-4,6H,5,7H2,(H,15,16,18). The van der Waals surface area contributed by atoms with Crippen LogP contribution in [0.4, 0.5) is 10.8 Å². The van der Waals surface area contributed by atoms with Crippen molar-refractivity contribution >= 4 is 50.0 Å². The molecule has 0 unspecified atom stereocenters. The number of amides is 1. The van der Waals surface area contributed by atoms with Crippen molar-refractivity contribution < 1.29 is 19.2 Å². The fourth-order valence-electron chi connectivity index (χ4n) is 1.57. The zero-order chi connectivity index (χ0) is 16.8. The largest absolute Gasteiger partial charge is 0.455 e. The van der Waals surface area contributed by atoms with E-state index in [-0.39, 0.29) is 12.1 Å². The summed E-state index contributed by atoms with van der Waals surface area (Å²) in [7, 11) is 0. The summed E-state index contributed by atoms with van der Waals surface area (Å²) in [6.45, 7) is -0.428. The molecule has 1 aromatic heterocycles. The van der Waals surface area contributed by atoms with Crippen molar-refractivity contribution in [2.45, 2.75) is 6.42 Å². The molecule has 120 valence electrons. The summed E-state index contributed by atoms with van der Waals surface area (Å²) in [5, 5.41) is 13.4. The van der Waals surface area contributed by atoms with Crippen LogP contribution in [0.2, 0.25) is 0 Å². The van der Waals surface area contributed by atoms with E-state index in [1.54, 1.807) is 6.20 Å². The Kier molecular flexibility index (Phi) is 5.77. The van der Waals surface area contributed by atoms with Crippen LogP contribution in [0.5, 0.6) is 0 Å². The van der Waals surface area contributed by atoms with Crippen LogP contribution in [0.15, 0.2) is 34.2 Å². The summed E-state index contributed by atoms with van der Waals surface area (Å²) in [5.74, 6) is -1.10. The molecule has 0 fully saturated rings. The number of nitro groups is 1. The number of halogens is 1. The molecule has 23 heavy (non-hydrogen) atoms. The lowest BCUT2D eigenvalue weighted by Gasteiger charge is -2.04. The third-order valence-corrected chi connectivity index (χ3v) is 3.98. The van der Waals surface area contributed by atoms with E-state index in [0.717, 1.165) is 3.79 Å². The van der Waals surface area contributed by atoms with Crippen LogP contribution in [0, 0.1) is 10.1 Å². The van der Waals surface area contributed by atoms with Gasteiger partial charge in [-0.2, -0.15) is 0 Å². The Morgan fingerprint density at radius 3 is 2.61 bits per heavy atom. The number of thiazole rings is 1. The zero-order valence-electron chi connectivity index (χ0n) is 11.5. The fourth-order valence-corrected chi connectivity index (χ4v) is 2.69. The Morgan fingerprint density at radius 2 is 2.04 bits per heavy atom. The van der Waals surface area contributed by atoms with E-state index in [1.807, 2.05) is 0 Å². The van der Waals surface area contributed by atoms with Crippen LogP contribution in [0.1, 0.15) is 5.56 Å². The van der Waals surface area contributed by atoms with Crippen LogP contribution in [0.25, 0.3) is 0 Å². The minimum absolute atomic E-state index is 0.0592. The number of esters is 1. The number of nitro benzene ring substituents is 1. The monoisotopic (exact) mass is 399 g/mol. The first-order chi connectivity index (χ1) is 10.9. The topological polar surface area (TPSA) is 111 Å². The maximum absolute atomic E-state index is 11.6. The third-order valence-electron chi connectivity index (χ3n) is 2.58. The molecule has 1 amide bonds. The van der Waals surface area contributed by atoms with E-state index in [0.29, 0.717) is 10.7 Å². The number of nitrogens with one attached hydrogen (secondary N) is 1. The predicted molar refractivity (Wildman–Crippen MR) is 86.2 cm³/mol. The van der Waals surface area contributed by atoms with Gasteiger partial charge in [-0.15, -0.1) is 0 Å². The number of benzene rings is 1. The van der Waals surface area contributed by atoms with Gasteiger partial charge in [0.15, 0.2) is 11.7 Å². The second kappa shape index (κ2) is 7.79. The number of hydrogen-bond acceptors (Lipinski definition) is 7. The molecule has 0 saturated heterocycles. The Morgan fingerprint density at radius 1 is 1.35 bits per heavy atom. The Bertz CT molecular complexity index is 731. The van der Waals surface area contributed by atoms with E-state index in [1.165, 1.54) is 35.6 Å². The molecular weight excluding hydrogens is 390 g/mol. The molecule has 0 bridgehead atoms. The summed E-state index contributed by atoms with van der Waals surface area (Å²) in [6, 6.07) is 5.53. The van der Waals surface area contributed by atoms with Crippen molar-refractivity contribution in [2.75, 3.05) is 11.9 Å². The molecule has 0 aliphatic rings. The minimum Gasteiger partial charge on any atom is -0.455 e. The molecule has 1 N–H and O–H groups in total. The molecule has 0 atom stereocenters. The highest BCUT2D eigenvalue weighted by Crippen LogP contribution is 2.22. The second-order valence-corrected chi connectivity index (χ2v) is 6.69. The maximum atomic E-state index is 11.6. The van der Waals surface area contributed by atoms with Gasteiger partial charge < -0.3 is 4.74 Å². The van der Waals surface area contributed by atoms with Crippen LogP contribution in [0.3, 0.4) is 0 Å². The minimum atomic E-state index is -0.602. The lowest BCUT2D eigenvalue weighted by Crippen LogP contribution is -2.21. The molecule has 0 spiro atoms. The number of rotatable bonds is 6. The number of anilines is 1. The van der Waals surface area contributed by atoms with Crippen molar-refractivity contribution in [3.05, 3.63) is 49.9 Å². The molecule has 1 aromatic carbocycles. The molecule has 0 aliphatic heterocycles. The van der Waals surface area contributed by atoms with Crippen molar-refractivity contribution in [1.29, 1.82) is 0 Å². The van der Waals surface area contributed by atoms with Gasteiger partial charge in [-0.25, -0.2) is 4.98 Å². The molecule has 0 radical (unpaired) electrons. The SMILES string of the molecule is O=C(COC(=O)Cc1ccc([N+](=O)[O-])cc1)Nc1ncc(Br)s1. The molecule has 0 aliphatic carbocycles. The van der Waals surface area contributed by atoms with Gasteiger partial charge in [0.25, 0.3) is 11.6 Å². The molecule has 2 aromatic rings. The van der Waals surface area contributed by atoms with Gasteiger partial charge in [0.1, 0.15) is 0 Å². The lowest BCUT2D eigenvalue weighted by atomic mass is 10.1. The van der Waals surface area contributed by atoms with Crippen molar-refractivity contribution in [3.8, 4) is 0 Å². The normalized spacial score (nSPS) is 10.1. The first-order valence-corrected chi connectivity index (χ1v) is 7.85. The summed E-state index contributed by atoms with van der Waals surface area (Å²) in [4.78, 5) is 37.1. The average Bonchev–Trinajstić information content (AvgIpc) is 2.91. The number of aromatic nitrogens is 1. The number of carbonyl (C=O) groups excluding carboxylic acids is 2. The number of nitrogens with zero attached hydrogens (tertiary/aromatic N) is 2. The smallest absolute Gasteiger partial charge is 0.310 e. The molecule has 1 heterocycles. The number of carbonyl (C=O) groups is 2. The van der Waals surface area contributed by atoms with E-state index in [4.69, 9.17) is 4.74 Å². The Hall–Kier alpha value is -2.33. The van der Waals surface area contributed by atoms with Crippen molar-refractivity contribution in [2.24, 2.45) is 0 Å². The zero-order valence-corrected chi connectivity index (χ0v) is 13.9. The van der Waals surface area contributed by atoms with Gasteiger partial charge in [0, 0.05) is 12.1 Å². The summed E-state index contributed by atoms with van der Waals surface area (Å²) < 4.78 is 5.61. The van der Waals surface area contributed by atoms with Crippen LogP contribution in [-0.2, 0) is 20.7 Å². The number of ether oxygens (including phenoxy) is 1. The van der Waals surface area contributed by atoms with E-state index < -0.39 is 23.4 Å². The Balaban J connectivity index is 1.78. The number of hydrogen-bond donors (Lipinski definition) is 1.